The van der Waals surface area contributed by atoms with E-state index in [4.69, 9.17) is 19.7 Å². The van der Waals surface area contributed by atoms with Crippen LogP contribution in [0.2, 0.25) is 0 Å². The second kappa shape index (κ2) is 18.3. The molecular weight excluding hydrogens is 1050 g/mol. The molecule has 3 aromatic heterocycles. The van der Waals surface area contributed by atoms with Crippen LogP contribution in [0.3, 0.4) is 0 Å². The molecule has 0 N–H and O–H groups in total. The molecular formula is C78H59N5OSi. The van der Waals surface area contributed by atoms with Crippen LogP contribution in [0.25, 0.3) is 78.0 Å². The summed E-state index contributed by atoms with van der Waals surface area (Å²) in [5, 5.41) is 9.83. The molecule has 11 aromatic carbocycles. The maximum absolute atomic E-state index is 7.39. The van der Waals surface area contributed by atoms with E-state index in [1.54, 1.807) is 0 Å². The highest BCUT2D eigenvalue weighted by atomic mass is 28.3. The van der Waals surface area contributed by atoms with Gasteiger partial charge >= 0.3 is 0 Å². The molecule has 17 rings (SSSR count). The van der Waals surface area contributed by atoms with Crippen molar-refractivity contribution in [2.75, 3.05) is 0 Å². The molecule has 0 bridgehead atoms. The van der Waals surface area contributed by atoms with Gasteiger partial charge in [-0.3, -0.25) is 9.13 Å². The molecule has 3 aliphatic rings. The summed E-state index contributed by atoms with van der Waals surface area (Å²) in [6, 6.07) is 96.3. The third-order valence-corrected chi connectivity index (χ3v) is 24.2. The fraction of sp³-hybridized carbons (Fsp3) is 0.115. The van der Waals surface area contributed by atoms with E-state index in [1.807, 2.05) is 0 Å². The molecule has 85 heavy (non-hydrogen) atoms. The largest absolute Gasteiger partial charge is 0.457 e. The molecule has 1 spiro atoms. The molecule has 4 heterocycles. The van der Waals surface area contributed by atoms with Gasteiger partial charge in [-0.2, -0.15) is 15.0 Å². The van der Waals surface area contributed by atoms with Crippen LogP contribution in [0, 0.1) is 0 Å². The van der Waals surface area contributed by atoms with Gasteiger partial charge in [0.15, 0.2) is 13.9 Å². The van der Waals surface area contributed by atoms with Crippen molar-refractivity contribution in [3.05, 3.63) is 294 Å². The van der Waals surface area contributed by atoms with Crippen molar-refractivity contribution in [2.45, 2.75) is 56.8 Å². The lowest BCUT2D eigenvalue weighted by Crippen LogP contribution is -2.76. The molecule has 0 unspecified atom stereocenters. The molecule has 0 atom stereocenters. The summed E-state index contributed by atoms with van der Waals surface area (Å²) < 4.78 is 11.9. The van der Waals surface area contributed by atoms with Gasteiger partial charge in [0.2, 0.25) is 11.9 Å². The number of hydrogen-bond acceptors (Lipinski definition) is 4. The maximum atomic E-state index is 7.39. The minimum absolute atomic E-state index is 0.276. The molecule has 0 saturated carbocycles. The minimum atomic E-state index is -3.37. The van der Waals surface area contributed by atoms with Crippen molar-refractivity contribution in [1.82, 2.24) is 24.1 Å². The first-order chi connectivity index (χ1) is 41.7. The fourth-order valence-electron chi connectivity index (χ4n) is 15.8. The van der Waals surface area contributed by atoms with Gasteiger partial charge in [-0.15, -0.1) is 0 Å². The molecule has 0 amide bonds. The van der Waals surface area contributed by atoms with E-state index in [2.05, 4.69) is 298 Å². The zero-order chi connectivity index (χ0) is 56.8. The van der Waals surface area contributed by atoms with Crippen LogP contribution < -0.4 is 25.5 Å². The number of rotatable bonds is 7. The minimum Gasteiger partial charge on any atom is -0.457 e. The van der Waals surface area contributed by atoms with Crippen molar-refractivity contribution in [2.24, 2.45) is 0 Å². The smallest absolute Gasteiger partial charge is 0.240 e. The van der Waals surface area contributed by atoms with Crippen LogP contribution in [0.4, 0.5) is 0 Å². The summed E-state index contributed by atoms with van der Waals surface area (Å²) in [4.78, 5) is 17.1. The fourth-order valence-corrected chi connectivity index (χ4v) is 20.9. The second-order valence-corrected chi connectivity index (χ2v) is 28.6. The van der Waals surface area contributed by atoms with Gasteiger partial charge in [-0.1, -0.05) is 252 Å². The van der Waals surface area contributed by atoms with Crippen LogP contribution >= 0.6 is 0 Å². The summed E-state index contributed by atoms with van der Waals surface area (Å²) in [5.41, 5.74) is 14.1. The van der Waals surface area contributed by atoms with Crippen LogP contribution in [0.5, 0.6) is 11.5 Å². The lowest BCUT2D eigenvalue weighted by Gasteiger charge is -2.47. The average Bonchev–Trinajstić information content (AvgIpc) is 2.19. The highest BCUT2D eigenvalue weighted by Gasteiger charge is 2.53. The van der Waals surface area contributed by atoms with Crippen molar-refractivity contribution in [1.29, 1.82) is 0 Å². The van der Waals surface area contributed by atoms with Crippen molar-refractivity contribution in [3.63, 3.8) is 0 Å². The van der Waals surface area contributed by atoms with Gasteiger partial charge in [0.25, 0.3) is 0 Å². The third kappa shape index (κ3) is 6.90. The predicted octanol–water partition coefficient (Wildman–Crippen LogP) is 15.9. The number of para-hydroxylation sites is 5. The van der Waals surface area contributed by atoms with E-state index in [9.17, 15) is 0 Å². The number of benzene rings is 11. The zero-order valence-electron chi connectivity index (χ0n) is 47.9. The van der Waals surface area contributed by atoms with Crippen molar-refractivity contribution < 1.29 is 4.74 Å². The lowest BCUT2D eigenvalue weighted by molar-refractivity contribution is 0.334. The Morgan fingerprint density at radius 3 is 1.29 bits per heavy atom. The van der Waals surface area contributed by atoms with Gasteiger partial charge in [-0.05, 0) is 114 Å². The molecule has 14 aromatic rings. The highest BCUT2D eigenvalue weighted by Crippen LogP contribution is 2.62. The molecule has 0 fully saturated rings. The summed E-state index contributed by atoms with van der Waals surface area (Å²) in [6.07, 6.45) is 1.98. The highest BCUT2D eigenvalue weighted by molar-refractivity contribution is 7.20. The van der Waals surface area contributed by atoms with Crippen molar-refractivity contribution >= 4 is 72.4 Å². The Hall–Kier alpha value is -9.95. The third-order valence-electron chi connectivity index (χ3n) is 19.4. The van der Waals surface area contributed by atoms with Gasteiger partial charge < -0.3 is 4.74 Å². The number of nitrogens with zero attached hydrogens (tertiary/aromatic N) is 5. The summed E-state index contributed by atoms with van der Waals surface area (Å²) >= 11 is 0. The summed E-state index contributed by atoms with van der Waals surface area (Å²) in [7, 11) is -3.37. The monoisotopic (exact) mass is 1110 g/mol. The number of aromatic nitrogens is 5. The van der Waals surface area contributed by atoms with E-state index in [-0.39, 0.29) is 10.8 Å². The first-order valence-corrected chi connectivity index (χ1v) is 31.8. The Morgan fingerprint density at radius 2 is 0.776 bits per heavy atom. The average molecular weight is 1110 g/mol. The van der Waals surface area contributed by atoms with E-state index >= 15 is 0 Å². The molecule has 0 radical (unpaired) electrons. The molecule has 6 nitrogen and oxygen atoms in total. The topological polar surface area (TPSA) is 57.8 Å². The lowest BCUT2D eigenvalue weighted by atomic mass is 9.62. The van der Waals surface area contributed by atoms with Crippen LogP contribution in [-0.2, 0) is 16.2 Å². The van der Waals surface area contributed by atoms with Crippen LogP contribution in [0.15, 0.2) is 261 Å². The normalized spacial score (nSPS) is 15.1. The summed E-state index contributed by atoms with van der Waals surface area (Å²) in [5.74, 6) is 3.56. The Kier molecular flexibility index (Phi) is 10.7. The maximum Gasteiger partial charge on any atom is 0.240 e. The van der Waals surface area contributed by atoms with E-state index in [1.165, 1.54) is 54.1 Å². The molecule has 406 valence electrons. The van der Waals surface area contributed by atoms with Crippen LogP contribution in [-0.4, -0.2) is 32.2 Å². The molecule has 0 saturated heterocycles. The van der Waals surface area contributed by atoms with Gasteiger partial charge in [0, 0.05) is 38.2 Å². The first kappa shape index (κ1) is 49.6. The summed E-state index contributed by atoms with van der Waals surface area (Å²) in [6.45, 7) is 9.87. The molecule has 2 aliphatic carbocycles. The van der Waals surface area contributed by atoms with Gasteiger partial charge in [0.1, 0.15) is 11.5 Å². The number of hydrogen-bond donors (Lipinski definition) is 0. The van der Waals surface area contributed by atoms with Crippen molar-refractivity contribution in [3.8, 4) is 45.9 Å². The SMILES string of the molecule is CC1(C)CCC(C)(C)c2c([Si](c3ccccc3)(c3ccccc3)c3ccc4c(c3)Oc3ccccc3C43c4ccccc4-c4ccccc43)ccc(-c3nc(-n4c5ccccc5c5ccccc54)nc(-n4c5ccccc5c5ccccc54)n3)c21. The molecule has 7 heteroatoms. The zero-order valence-corrected chi connectivity index (χ0v) is 48.9. The van der Waals surface area contributed by atoms with E-state index in [0.717, 1.165) is 84.6 Å². The van der Waals surface area contributed by atoms with E-state index < -0.39 is 13.5 Å². The van der Waals surface area contributed by atoms with Gasteiger partial charge in [0.05, 0.1) is 27.5 Å². The Labute approximate surface area is 495 Å². The predicted molar refractivity (Wildman–Crippen MR) is 350 cm³/mol. The Balaban J connectivity index is 0.972. The number of ether oxygens (including phenoxy) is 1. The Bertz CT molecular complexity index is 4750. The second-order valence-electron chi connectivity index (χ2n) is 24.8. The van der Waals surface area contributed by atoms with Crippen LogP contribution in [0.1, 0.15) is 73.9 Å². The Morgan fingerprint density at radius 1 is 0.353 bits per heavy atom. The van der Waals surface area contributed by atoms with Gasteiger partial charge in [-0.25, -0.2) is 0 Å². The first-order valence-electron chi connectivity index (χ1n) is 29.8. The molecule has 1 aliphatic heterocycles. The quantitative estimate of drug-likeness (QED) is 0.118. The standard InChI is InChI=1S/C78H59N5OSi/c1-76(2)47-48-77(3,4)72-70(46-44-59(71(72)76)73-79-74(82-64-38-20-13-31-55(64)56-32-14-21-39-65(56)82)81-75(80-73)83-66-40-22-15-33-57(66)58-34-16-23-41-67(58)83)85(50-25-7-5-8-26-50,51-27-9-6-10-28-51)52-43-45-63-69(49-52)84-68-42-24-19-37-62(68)78(63)60-35-17-11-29-53(60)54-30-12-18-36-61(54)78/h5-46,49H,47-48H2,1-4H3. The number of fused-ring (bicyclic) bond motifs is 16. The van der Waals surface area contributed by atoms with E-state index in [0.29, 0.717) is 17.7 Å².